The summed E-state index contributed by atoms with van der Waals surface area (Å²) in [4.78, 5) is 0. The minimum atomic E-state index is 0.348. The Morgan fingerprint density at radius 2 is 0.552 bits per heavy atom. The summed E-state index contributed by atoms with van der Waals surface area (Å²) >= 11 is 0. The topological polar surface area (TPSA) is 46.2 Å². The van der Waals surface area contributed by atoms with E-state index in [2.05, 4.69) is 182 Å². The summed E-state index contributed by atoms with van der Waals surface area (Å²) < 4.78 is 30.1. The van der Waals surface area contributed by atoms with Crippen molar-refractivity contribution in [3.63, 3.8) is 0 Å². The van der Waals surface area contributed by atoms with Crippen molar-refractivity contribution in [2.75, 3.05) is 28.4 Å². The van der Waals surface area contributed by atoms with E-state index in [1.165, 1.54) is 64.6 Å². The third-order valence-corrected chi connectivity index (χ3v) is 13.9. The molecule has 0 unspecified atom stereocenters. The predicted octanol–water partition coefficient (Wildman–Crippen LogP) is 15.9. The Hall–Kier alpha value is -8.12. The molecular formula is C62H46O5. The van der Waals surface area contributed by atoms with Crippen molar-refractivity contribution in [3.05, 3.63) is 193 Å². The molecule has 0 atom stereocenters. The zero-order valence-corrected chi connectivity index (χ0v) is 37.8. The van der Waals surface area contributed by atoms with E-state index in [4.69, 9.17) is 23.7 Å². The fourth-order valence-electron chi connectivity index (χ4n) is 10.7. The van der Waals surface area contributed by atoms with E-state index < -0.39 is 0 Å². The van der Waals surface area contributed by atoms with Gasteiger partial charge in [-0.1, -0.05) is 133 Å². The molecule has 12 aromatic carbocycles. The van der Waals surface area contributed by atoms with E-state index in [1.54, 1.807) is 28.4 Å². The van der Waals surface area contributed by atoms with Crippen LogP contribution in [0.1, 0.15) is 11.1 Å². The molecule has 12 rings (SSSR count). The quantitative estimate of drug-likeness (QED) is 0.114. The SMILES string of the molecule is COc1ccc(-c2c(COCc3c(-c4ccc(OC)cc4)c(-c4ccc(OC)cc4)c4ccc5cccc6ccc3c4c65)c3ccc4cccc5ccc(c2-c2ccc(OC)cc2)c3c45)cc1. The van der Waals surface area contributed by atoms with Gasteiger partial charge in [0, 0.05) is 0 Å². The molecule has 0 aliphatic carbocycles. The molecule has 0 spiro atoms. The van der Waals surface area contributed by atoms with Gasteiger partial charge in [-0.05, 0) is 169 Å². The van der Waals surface area contributed by atoms with E-state index in [0.29, 0.717) is 13.2 Å². The van der Waals surface area contributed by atoms with Gasteiger partial charge >= 0.3 is 0 Å². The molecule has 0 saturated carbocycles. The Balaban J connectivity index is 1.12. The van der Waals surface area contributed by atoms with Gasteiger partial charge in [-0.25, -0.2) is 0 Å². The number of rotatable bonds is 12. The van der Waals surface area contributed by atoms with Gasteiger partial charge in [0.2, 0.25) is 0 Å². The lowest BCUT2D eigenvalue weighted by molar-refractivity contribution is 0.109. The van der Waals surface area contributed by atoms with Crippen LogP contribution in [0.15, 0.2) is 182 Å². The van der Waals surface area contributed by atoms with Crippen LogP contribution in [0.3, 0.4) is 0 Å². The Kier molecular flexibility index (Phi) is 9.88. The minimum Gasteiger partial charge on any atom is -0.497 e. The molecule has 0 N–H and O–H groups in total. The second-order valence-corrected chi connectivity index (χ2v) is 17.2. The van der Waals surface area contributed by atoms with Crippen molar-refractivity contribution >= 4 is 64.6 Å². The Bertz CT molecular complexity index is 3500. The number of hydrogen-bond acceptors (Lipinski definition) is 5. The van der Waals surface area contributed by atoms with E-state index in [-0.39, 0.29) is 0 Å². The van der Waals surface area contributed by atoms with E-state index in [0.717, 1.165) is 78.6 Å². The highest BCUT2D eigenvalue weighted by molar-refractivity contribution is 6.29. The highest BCUT2D eigenvalue weighted by atomic mass is 16.5. The molecule has 67 heavy (non-hydrogen) atoms. The first-order valence-electron chi connectivity index (χ1n) is 22.7. The fourth-order valence-corrected chi connectivity index (χ4v) is 10.7. The molecule has 0 fully saturated rings. The lowest BCUT2D eigenvalue weighted by Crippen LogP contribution is -2.04. The van der Waals surface area contributed by atoms with E-state index >= 15 is 0 Å². The third-order valence-electron chi connectivity index (χ3n) is 13.9. The second kappa shape index (κ2) is 16.4. The van der Waals surface area contributed by atoms with Crippen molar-refractivity contribution in [3.8, 4) is 67.5 Å². The molecule has 0 radical (unpaired) electrons. The number of ether oxygens (including phenoxy) is 5. The lowest BCUT2D eigenvalue weighted by atomic mass is 9.81. The summed E-state index contributed by atoms with van der Waals surface area (Å²) in [5.41, 5.74) is 11.2. The van der Waals surface area contributed by atoms with Gasteiger partial charge in [0.15, 0.2) is 0 Å². The highest BCUT2D eigenvalue weighted by Crippen LogP contribution is 2.50. The standard InChI is InChI=1S/C62H46O5/c1-63-45-23-11-41(12-24-45)57-51-33-21-39-9-5-7-37-19-31-49(61(51)55(37)39)53(59(57)43-15-27-47(65-3)28-16-43)35-67-36-54-50-32-20-38-8-6-10-40-22-34-52(62(50)56(38)40)58(42-13-25-46(64-2)26-14-42)60(54)44-17-29-48(66-4)30-18-44/h5-34H,35-36H2,1-4H3. The molecule has 0 aliphatic heterocycles. The summed E-state index contributed by atoms with van der Waals surface area (Å²) in [6.45, 7) is 0.696. The molecule has 0 heterocycles. The van der Waals surface area contributed by atoms with E-state index in [1.807, 2.05) is 0 Å². The number of benzene rings is 12. The predicted molar refractivity (Wildman–Crippen MR) is 277 cm³/mol. The van der Waals surface area contributed by atoms with Gasteiger partial charge in [-0.2, -0.15) is 0 Å². The van der Waals surface area contributed by atoms with Crippen LogP contribution in [-0.2, 0) is 18.0 Å². The van der Waals surface area contributed by atoms with Crippen LogP contribution < -0.4 is 18.9 Å². The molecule has 0 amide bonds. The molecule has 12 aromatic rings. The van der Waals surface area contributed by atoms with Crippen LogP contribution in [0.4, 0.5) is 0 Å². The molecular weight excluding hydrogens is 825 g/mol. The molecule has 0 saturated heterocycles. The maximum absolute atomic E-state index is 7.37. The number of methoxy groups -OCH3 is 4. The number of hydrogen-bond donors (Lipinski definition) is 0. The first-order valence-corrected chi connectivity index (χ1v) is 22.7. The van der Waals surface area contributed by atoms with Crippen LogP contribution in [0.5, 0.6) is 23.0 Å². The van der Waals surface area contributed by atoms with Gasteiger partial charge in [0.25, 0.3) is 0 Å². The molecule has 5 heteroatoms. The zero-order chi connectivity index (χ0) is 45.2. The Labute approximate surface area is 389 Å². The van der Waals surface area contributed by atoms with E-state index in [9.17, 15) is 0 Å². The van der Waals surface area contributed by atoms with Crippen molar-refractivity contribution in [1.82, 2.24) is 0 Å². The highest BCUT2D eigenvalue weighted by Gasteiger charge is 2.26. The van der Waals surface area contributed by atoms with Crippen LogP contribution in [0.2, 0.25) is 0 Å². The molecule has 324 valence electrons. The average molecular weight is 871 g/mol. The van der Waals surface area contributed by atoms with Gasteiger partial charge in [-0.15, -0.1) is 0 Å². The second-order valence-electron chi connectivity index (χ2n) is 17.2. The van der Waals surface area contributed by atoms with Crippen LogP contribution in [-0.4, -0.2) is 28.4 Å². The maximum atomic E-state index is 7.37. The van der Waals surface area contributed by atoms with Crippen molar-refractivity contribution < 1.29 is 23.7 Å². The largest absolute Gasteiger partial charge is 0.497 e. The van der Waals surface area contributed by atoms with Crippen molar-refractivity contribution in [1.29, 1.82) is 0 Å². The summed E-state index contributed by atoms with van der Waals surface area (Å²) in [7, 11) is 6.85. The van der Waals surface area contributed by atoms with Crippen LogP contribution in [0, 0.1) is 0 Å². The van der Waals surface area contributed by atoms with Gasteiger partial charge in [0.1, 0.15) is 23.0 Å². The first-order chi connectivity index (χ1) is 33.0. The fraction of sp³-hybridized carbons (Fsp3) is 0.0968. The average Bonchev–Trinajstić information content (AvgIpc) is 3.39. The lowest BCUT2D eigenvalue weighted by Gasteiger charge is -2.25. The van der Waals surface area contributed by atoms with Crippen LogP contribution in [0.25, 0.3) is 109 Å². The molecule has 0 aliphatic rings. The molecule has 0 bridgehead atoms. The molecule has 5 nitrogen and oxygen atoms in total. The third kappa shape index (κ3) is 6.57. The monoisotopic (exact) mass is 870 g/mol. The molecule has 0 aromatic heterocycles. The Morgan fingerprint density at radius 3 is 0.851 bits per heavy atom. The first kappa shape index (κ1) is 40.4. The summed E-state index contributed by atoms with van der Waals surface area (Å²) in [5.74, 6) is 3.23. The van der Waals surface area contributed by atoms with Crippen molar-refractivity contribution in [2.24, 2.45) is 0 Å². The summed E-state index contributed by atoms with van der Waals surface area (Å²) in [6.07, 6.45) is 0. The van der Waals surface area contributed by atoms with Crippen molar-refractivity contribution in [2.45, 2.75) is 13.2 Å². The summed E-state index contributed by atoms with van der Waals surface area (Å²) in [6, 6.07) is 65.2. The zero-order valence-electron chi connectivity index (χ0n) is 37.8. The maximum Gasteiger partial charge on any atom is 0.118 e. The van der Waals surface area contributed by atoms with Gasteiger partial charge < -0.3 is 23.7 Å². The van der Waals surface area contributed by atoms with Crippen LogP contribution >= 0.6 is 0 Å². The van der Waals surface area contributed by atoms with Gasteiger partial charge in [0.05, 0.1) is 41.7 Å². The minimum absolute atomic E-state index is 0.348. The Morgan fingerprint density at radius 1 is 0.269 bits per heavy atom. The summed E-state index contributed by atoms with van der Waals surface area (Å²) in [5, 5.41) is 14.6. The normalized spacial score (nSPS) is 11.8. The van der Waals surface area contributed by atoms with Gasteiger partial charge in [-0.3, -0.25) is 0 Å². The smallest absolute Gasteiger partial charge is 0.118 e.